The van der Waals surface area contributed by atoms with Crippen LogP contribution < -0.4 is 10.1 Å². The Kier molecular flexibility index (Phi) is 13.5. The number of hydrogen-bond donors (Lipinski definition) is 1. The molecule has 176 valence electrons. The van der Waals surface area contributed by atoms with E-state index in [1.165, 1.54) is 6.92 Å². The van der Waals surface area contributed by atoms with E-state index in [-0.39, 0.29) is 18.5 Å². The quantitative estimate of drug-likeness (QED) is 0.308. The molecule has 0 aromatic heterocycles. The smallest absolute Gasteiger partial charge is 0.332 e. The average molecular weight is 442 g/mol. The monoisotopic (exact) mass is 441 g/mol. The lowest BCUT2D eigenvalue weighted by atomic mass is 10.2. The molecule has 0 spiro atoms. The summed E-state index contributed by atoms with van der Waals surface area (Å²) in [5.74, 6) is 0.211. The second-order valence-electron chi connectivity index (χ2n) is 7.53. The summed E-state index contributed by atoms with van der Waals surface area (Å²) in [6.45, 7) is 10.2. The number of rotatable bonds is 16. The molecule has 1 amide bonds. The normalized spacial score (nSPS) is 11.2. The molecule has 31 heavy (non-hydrogen) atoms. The van der Waals surface area contributed by atoms with Gasteiger partial charge in [-0.2, -0.15) is 0 Å². The van der Waals surface area contributed by atoms with Gasteiger partial charge >= 0.3 is 5.97 Å². The van der Waals surface area contributed by atoms with Crippen molar-refractivity contribution in [3.8, 4) is 5.75 Å². The van der Waals surface area contributed by atoms with Crippen LogP contribution in [0, 0.1) is 0 Å². The maximum absolute atomic E-state index is 11.4. The average Bonchev–Trinajstić information content (AvgIpc) is 2.67. The lowest BCUT2D eigenvalue weighted by molar-refractivity contribution is -0.160. The van der Waals surface area contributed by atoms with Crippen LogP contribution in [-0.4, -0.2) is 76.9 Å². The highest BCUT2D eigenvalue weighted by Gasteiger charge is 2.15. The van der Waals surface area contributed by atoms with E-state index < -0.39 is 5.60 Å². The third-order valence-corrected chi connectivity index (χ3v) is 3.43. The largest absolute Gasteiger partial charge is 0.491 e. The van der Waals surface area contributed by atoms with E-state index in [0.717, 1.165) is 5.69 Å². The number of esters is 1. The molecule has 0 fully saturated rings. The van der Waals surface area contributed by atoms with Crippen molar-refractivity contribution in [1.29, 1.82) is 0 Å². The van der Waals surface area contributed by atoms with Crippen LogP contribution in [0.5, 0.6) is 5.75 Å². The minimum absolute atomic E-state index is 0.0828. The number of anilines is 1. The SMILES string of the molecule is CC(=O)Nc1ccc(OCCOCCOCCOCCOCC(=O)OC(C)(C)C)cc1. The molecule has 0 aliphatic carbocycles. The van der Waals surface area contributed by atoms with Crippen LogP contribution in [0.25, 0.3) is 0 Å². The molecule has 1 aromatic carbocycles. The molecule has 1 aromatic rings. The van der Waals surface area contributed by atoms with Gasteiger partial charge < -0.3 is 33.7 Å². The van der Waals surface area contributed by atoms with Gasteiger partial charge in [-0.15, -0.1) is 0 Å². The summed E-state index contributed by atoms with van der Waals surface area (Å²) in [5, 5.41) is 2.70. The Labute approximate surface area is 184 Å². The van der Waals surface area contributed by atoms with Crippen molar-refractivity contribution < 1.29 is 38.0 Å². The maximum atomic E-state index is 11.4. The molecule has 0 saturated carbocycles. The summed E-state index contributed by atoms with van der Waals surface area (Å²) in [4.78, 5) is 22.4. The number of hydrogen-bond acceptors (Lipinski definition) is 8. The molecule has 0 saturated heterocycles. The van der Waals surface area contributed by atoms with Gasteiger partial charge in [0.05, 0.1) is 46.2 Å². The zero-order valence-corrected chi connectivity index (χ0v) is 18.9. The van der Waals surface area contributed by atoms with Crippen molar-refractivity contribution >= 4 is 17.6 Å². The molecule has 0 bridgehead atoms. The Balaban J connectivity index is 1.85. The summed E-state index contributed by atoms with van der Waals surface area (Å²) >= 11 is 0. The first kappa shape index (κ1) is 26.8. The van der Waals surface area contributed by atoms with E-state index in [2.05, 4.69) is 5.32 Å². The highest BCUT2D eigenvalue weighted by atomic mass is 16.6. The van der Waals surface area contributed by atoms with E-state index in [4.69, 9.17) is 28.4 Å². The third-order valence-electron chi connectivity index (χ3n) is 3.43. The van der Waals surface area contributed by atoms with E-state index in [9.17, 15) is 9.59 Å². The van der Waals surface area contributed by atoms with E-state index in [0.29, 0.717) is 58.6 Å². The molecule has 1 rings (SSSR count). The summed E-state index contributed by atoms with van der Waals surface area (Å²) in [7, 11) is 0. The summed E-state index contributed by atoms with van der Waals surface area (Å²) < 4.78 is 32.1. The minimum atomic E-state index is -0.507. The summed E-state index contributed by atoms with van der Waals surface area (Å²) in [6, 6.07) is 7.13. The zero-order chi connectivity index (χ0) is 23.0. The van der Waals surface area contributed by atoms with Crippen molar-refractivity contribution in [3.63, 3.8) is 0 Å². The van der Waals surface area contributed by atoms with Crippen molar-refractivity contribution in [2.45, 2.75) is 33.3 Å². The number of benzene rings is 1. The second-order valence-corrected chi connectivity index (χ2v) is 7.53. The molecule has 0 heterocycles. The molecular formula is C22H35NO8. The Bertz CT molecular complexity index is 627. The lowest BCUT2D eigenvalue weighted by Gasteiger charge is -2.19. The van der Waals surface area contributed by atoms with E-state index in [1.54, 1.807) is 24.3 Å². The first-order valence-electron chi connectivity index (χ1n) is 10.3. The molecule has 9 heteroatoms. The Morgan fingerprint density at radius 1 is 0.774 bits per heavy atom. The summed E-state index contributed by atoms with van der Waals surface area (Å²) in [5.41, 5.74) is 0.220. The third kappa shape index (κ3) is 16.2. The van der Waals surface area contributed by atoms with Gasteiger partial charge in [0.1, 0.15) is 24.6 Å². The van der Waals surface area contributed by atoms with Gasteiger partial charge in [-0.05, 0) is 45.0 Å². The van der Waals surface area contributed by atoms with Gasteiger partial charge in [-0.25, -0.2) is 4.79 Å². The molecule has 0 atom stereocenters. The maximum Gasteiger partial charge on any atom is 0.332 e. The van der Waals surface area contributed by atoms with Crippen LogP contribution >= 0.6 is 0 Å². The van der Waals surface area contributed by atoms with Crippen LogP contribution in [0.2, 0.25) is 0 Å². The highest BCUT2D eigenvalue weighted by Crippen LogP contribution is 2.15. The van der Waals surface area contributed by atoms with Crippen LogP contribution in [0.3, 0.4) is 0 Å². The summed E-state index contributed by atoms with van der Waals surface area (Å²) in [6.07, 6.45) is 0. The van der Waals surface area contributed by atoms with Gasteiger partial charge in [0.15, 0.2) is 0 Å². The second kappa shape index (κ2) is 15.6. The van der Waals surface area contributed by atoms with E-state index in [1.807, 2.05) is 20.8 Å². The highest BCUT2D eigenvalue weighted by molar-refractivity contribution is 5.88. The Morgan fingerprint density at radius 2 is 1.26 bits per heavy atom. The van der Waals surface area contributed by atoms with Crippen LogP contribution in [0.15, 0.2) is 24.3 Å². The van der Waals surface area contributed by atoms with Crippen molar-refractivity contribution in [2.75, 3.05) is 64.8 Å². The minimum Gasteiger partial charge on any atom is -0.491 e. The van der Waals surface area contributed by atoms with Gasteiger partial charge in [0, 0.05) is 12.6 Å². The standard InChI is InChI=1S/C22H35NO8/c1-18(24)23-19-5-7-20(8-6-19)30-16-15-28-12-11-26-9-10-27-13-14-29-17-21(25)31-22(2,3)4/h5-8H,9-17H2,1-4H3,(H,23,24). The van der Waals surface area contributed by atoms with Crippen molar-refractivity contribution in [2.24, 2.45) is 0 Å². The number of carbonyl (C=O) groups excluding carboxylic acids is 2. The molecule has 1 N–H and O–H groups in total. The molecule has 0 aliphatic heterocycles. The Morgan fingerprint density at radius 3 is 1.74 bits per heavy atom. The van der Waals surface area contributed by atoms with E-state index >= 15 is 0 Å². The molecule has 9 nitrogen and oxygen atoms in total. The number of ether oxygens (including phenoxy) is 6. The molecule has 0 aliphatic rings. The van der Waals surface area contributed by atoms with Gasteiger partial charge in [-0.3, -0.25) is 4.79 Å². The fourth-order valence-electron chi connectivity index (χ4n) is 2.24. The number of nitrogens with one attached hydrogen (secondary N) is 1. The van der Waals surface area contributed by atoms with Gasteiger partial charge in [0.2, 0.25) is 5.91 Å². The fraction of sp³-hybridized carbons (Fsp3) is 0.636. The fourth-order valence-corrected chi connectivity index (χ4v) is 2.24. The Hall–Kier alpha value is -2.20. The zero-order valence-electron chi connectivity index (χ0n) is 18.9. The van der Waals surface area contributed by atoms with Gasteiger partial charge in [0.25, 0.3) is 0 Å². The van der Waals surface area contributed by atoms with Gasteiger partial charge in [-0.1, -0.05) is 0 Å². The topological polar surface area (TPSA) is 102 Å². The van der Waals surface area contributed by atoms with Crippen LogP contribution in [0.4, 0.5) is 5.69 Å². The number of amides is 1. The van der Waals surface area contributed by atoms with Crippen molar-refractivity contribution in [3.05, 3.63) is 24.3 Å². The first-order valence-corrected chi connectivity index (χ1v) is 10.3. The predicted molar refractivity (Wildman–Crippen MR) is 115 cm³/mol. The van der Waals surface area contributed by atoms with Crippen molar-refractivity contribution in [1.82, 2.24) is 0 Å². The lowest BCUT2D eigenvalue weighted by Crippen LogP contribution is -2.27. The van der Waals surface area contributed by atoms with Crippen LogP contribution in [0.1, 0.15) is 27.7 Å². The molecule has 0 radical (unpaired) electrons. The van der Waals surface area contributed by atoms with Crippen LogP contribution in [-0.2, 0) is 33.3 Å². The molecule has 0 unspecified atom stereocenters. The molecular weight excluding hydrogens is 406 g/mol. The predicted octanol–water partition coefficient (Wildman–Crippen LogP) is 2.43. The first-order chi connectivity index (χ1) is 14.8. The number of carbonyl (C=O) groups is 2.